The molecule has 72 valence electrons. The van der Waals surface area contributed by atoms with E-state index in [0.717, 1.165) is 12.0 Å². The summed E-state index contributed by atoms with van der Waals surface area (Å²) >= 11 is 7.55. The SMILES string of the molecule is Nc1ncc(Cl)cc1Cc1cccs1. The standard InChI is InChI=1S/C10H9ClN2S/c11-8-4-7(10(12)13-6-8)5-9-2-1-3-14-9/h1-4,6H,5H2,(H2,12,13). The number of nitrogen functional groups attached to an aromatic ring is 1. The molecule has 0 unspecified atom stereocenters. The van der Waals surface area contributed by atoms with Crippen molar-refractivity contribution in [2.45, 2.75) is 6.42 Å². The minimum absolute atomic E-state index is 0.558. The van der Waals surface area contributed by atoms with Gasteiger partial charge in [-0.1, -0.05) is 17.7 Å². The van der Waals surface area contributed by atoms with Crippen LogP contribution >= 0.6 is 22.9 Å². The largest absolute Gasteiger partial charge is 0.383 e. The predicted octanol–water partition coefficient (Wildman–Crippen LogP) is 2.97. The molecule has 0 atom stereocenters. The van der Waals surface area contributed by atoms with Crippen molar-refractivity contribution in [2.24, 2.45) is 0 Å². The highest BCUT2D eigenvalue weighted by Crippen LogP contribution is 2.20. The van der Waals surface area contributed by atoms with E-state index < -0.39 is 0 Å². The normalized spacial score (nSPS) is 10.4. The Kier molecular flexibility index (Phi) is 2.70. The summed E-state index contributed by atoms with van der Waals surface area (Å²) in [5, 5.41) is 2.68. The van der Waals surface area contributed by atoms with Crippen molar-refractivity contribution in [1.29, 1.82) is 0 Å². The smallest absolute Gasteiger partial charge is 0.126 e. The summed E-state index contributed by atoms with van der Waals surface area (Å²) in [6.45, 7) is 0. The summed E-state index contributed by atoms with van der Waals surface area (Å²) in [4.78, 5) is 5.27. The molecule has 0 fully saturated rings. The number of pyridine rings is 1. The van der Waals surface area contributed by atoms with E-state index in [-0.39, 0.29) is 0 Å². The van der Waals surface area contributed by atoms with Crippen LogP contribution in [0, 0.1) is 0 Å². The summed E-state index contributed by atoms with van der Waals surface area (Å²) in [7, 11) is 0. The number of nitrogens with zero attached hydrogens (tertiary/aromatic N) is 1. The Morgan fingerprint density at radius 3 is 3.07 bits per heavy atom. The fourth-order valence-corrected chi connectivity index (χ4v) is 2.14. The third-order valence-electron chi connectivity index (χ3n) is 1.91. The number of nitrogens with two attached hydrogens (primary N) is 1. The Bertz CT molecular complexity index is 426. The van der Waals surface area contributed by atoms with Gasteiger partial charge in [0.2, 0.25) is 0 Å². The third kappa shape index (κ3) is 2.05. The van der Waals surface area contributed by atoms with Gasteiger partial charge in [0.05, 0.1) is 5.02 Å². The average molecular weight is 225 g/mol. The van der Waals surface area contributed by atoms with Crippen LogP contribution in [0.25, 0.3) is 0 Å². The van der Waals surface area contributed by atoms with Gasteiger partial charge in [-0.3, -0.25) is 0 Å². The van der Waals surface area contributed by atoms with Gasteiger partial charge >= 0.3 is 0 Å². The molecule has 0 aliphatic heterocycles. The van der Waals surface area contributed by atoms with Gasteiger partial charge in [-0.25, -0.2) is 4.98 Å². The third-order valence-corrected chi connectivity index (χ3v) is 3.00. The van der Waals surface area contributed by atoms with Crippen LogP contribution in [0.1, 0.15) is 10.4 Å². The Morgan fingerprint density at radius 2 is 2.36 bits per heavy atom. The number of thiophene rings is 1. The number of hydrogen-bond donors (Lipinski definition) is 1. The maximum atomic E-state index is 5.84. The summed E-state index contributed by atoms with van der Waals surface area (Å²) in [5.74, 6) is 0.558. The molecule has 0 aliphatic rings. The van der Waals surface area contributed by atoms with Gasteiger partial charge in [-0.15, -0.1) is 11.3 Å². The summed E-state index contributed by atoms with van der Waals surface area (Å²) < 4.78 is 0. The van der Waals surface area contributed by atoms with Crippen molar-refractivity contribution in [3.05, 3.63) is 45.2 Å². The Balaban J connectivity index is 2.28. The fraction of sp³-hybridized carbons (Fsp3) is 0.100. The molecule has 0 bridgehead atoms. The zero-order valence-corrected chi connectivity index (χ0v) is 8.98. The van der Waals surface area contributed by atoms with Crippen molar-refractivity contribution >= 4 is 28.8 Å². The minimum atomic E-state index is 0.558. The molecule has 0 aliphatic carbocycles. The van der Waals surface area contributed by atoms with Gasteiger partial charge in [-0.05, 0) is 17.5 Å². The molecule has 2 N–H and O–H groups in total. The zero-order valence-electron chi connectivity index (χ0n) is 7.40. The molecule has 0 radical (unpaired) electrons. The molecule has 14 heavy (non-hydrogen) atoms. The van der Waals surface area contributed by atoms with E-state index in [2.05, 4.69) is 11.1 Å². The van der Waals surface area contributed by atoms with Crippen LogP contribution in [0.15, 0.2) is 29.8 Å². The van der Waals surface area contributed by atoms with Gasteiger partial charge in [-0.2, -0.15) is 0 Å². The van der Waals surface area contributed by atoms with E-state index in [4.69, 9.17) is 17.3 Å². The quantitative estimate of drug-likeness (QED) is 0.852. The van der Waals surface area contributed by atoms with Crippen LogP contribution < -0.4 is 5.73 Å². The van der Waals surface area contributed by atoms with Crippen LogP contribution in [0.4, 0.5) is 5.82 Å². The topological polar surface area (TPSA) is 38.9 Å². The van der Waals surface area contributed by atoms with Crippen LogP contribution in [0.3, 0.4) is 0 Å². The molecule has 2 rings (SSSR count). The summed E-state index contributed by atoms with van der Waals surface area (Å²) in [6.07, 6.45) is 2.37. The van der Waals surface area contributed by atoms with Crippen LogP contribution in [-0.2, 0) is 6.42 Å². The first kappa shape index (κ1) is 9.49. The van der Waals surface area contributed by atoms with Crippen molar-refractivity contribution in [2.75, 3.05) is 5.73 Å². The predicted molar refractivity (Wildman–Crippen MR) is 60.8 cm³/mol. The summed E-state index contributed by atoms with van der Waals surface area (Å²) in [6, 6.07) is 5.96. The lowest BCUT2D eigenvalue weighted by Crippen LogP contribution is -1.97. The van der Waals surface area contributed by atoms with E-state index in [9.17, 15) is 0 Å². The van der Waals surface area contributed by atoms with E-state index in [1.54, 1.807) is 17.5 Å². The average Bonchev–Trinajstić information content (AvgIpc) is 2.64. The molecule has 2 aromatic heterocycles. The first-order valence-corrected chi connectivity index (χ1v) is 5.44. The molecule has 2 aromatic rings. The van der Waals surface area contributed by atoms with Crippen LogP contribution in [0.2, 0.25) is 5.02 Å². The number of halogens is 1. The molecule has 0 saturated heterocycles. The monoisotopic (exact) mass is 224 g/mol. The van der Waals surface area contributed by atoms with E-state index >= 15 is 0 Å². The lowest BCUT2D eigenvalue weighted by molar-refractivity contribution is 1.18. The molecular weight excluding hydrogens is 216 g/mol. The summed E-state index contributed by atoms with van der Waals surface area (Å²) in [5.41, 5.74) is 6.73. The van der Waals surface area contributed by atoms with E-state index in [0.29, 0.717) is 10.8 Å². The second-order valence-corrected chi connectivity index (χ2v) is 4.42. The van der Waals surface area contributed by atoms with Gasteiger partial charge in [0, 0.05) is 23.1 Å². The highest BCUT2D eigenvalue weighted by atomic mass is 35.5. The van der Waals surface area contributed by atoms with E-state index in [1.165, 1.54) is 4.88 Å². The number of hydrogen-bond acceptors (Lipinski definition) is 3. The number of rotatable bonds is 2. The Hall–Kier alpha value is -1.06. The highest BCUT2D eigenvalue weighted by Gasteiger charge is 2.03. The first-order chi connectivity index (χ1) is 6.75. The second-order valence-electron chi connectivity index (χ2n) is 2.95. The Labute approximate surface area is 91.4 Å². The van der Waals surface area contributed by atoms with Crippen LogP contribution in [-0.4, -0.2) is 4.98 Å². The first-order valence-electron chi connectivity index (χ1n) is 4.18. The number of anilines is 1. The maximum absolute atomic E-state index is 5.84. The van der Waals surface area contributed by atoms with Crippen LogP contribution in [0.5, 0.6) is 0 Å². The van der Waals surface area contributed by atoms with Crippen molar-refractivity contribution in [1.82, 2.24) is 4.98 Å². The van der Waals surface area contributed by atoms with Crippen molar-refractivity contribution in [3.63, 3.8) is 0 Å². The highest BCUT2D eigenvalue weighted by molar-refractivity contribution is 7.09. The van der Waals surface area contributed by atoms with Gasteiger partial charge in [0.1, 0.15) is 5.82 Å². The molecule has 4 heteroatoms. The van der Waals surface area contributed by atoms with Gasteiger partial charge < -0.3 is 5.73 Å². The number of aromatic nitrogens is 1. The van der Waals surface area contributed by atoms with Gasteiger partial charge in [0.15, 0.2) is 0 Å². The fourth-order valence-electron chi connectivity index (χ4n) is 1.23. The molecule has 0 aromatic carbocycles. The molecule has 2 heterocycles. The van der Waals surface area contributed by atoms with Crippen molar-refractivity contribution in [3.8, 4) is 0 Å². The van der Waals surface area contributed by atoms with Crippen molar-refractivity contribution < 1.29 is 0 Å². The molecule has 0 saturated carbocycles. The lowest BCUT2D eigenvalue weighted by atomic mass is 10.1. The minimum Gasteiger partial charge on any atom is -0.383 e. The maximum Gasteiger partial charge on any atom is 0.126 e. The molecular formula is C10H9ClN2S. The van der Waals surface area contributed by atoms with Gasteiger partial charge in [0.25, 0.3) is 0 Å². The molecule has 2 nitrogen and oxygen atoms in total. The second kappa shape index (κ2) is 3.98. The lowest BCUT2D eigenvalue weighted by Gasteiger charge is -2.02. The molecule has 0 amide bonds. The Morgan fingerprint density at radius 1 is 1.50 bits per heavy atom. The molecule has 0 spiro atoms. The zero-order chi connectivity index (χ0) is 9.97. The van der Waals surface area contributed by atoms with E-state index in [1.807, 2.05) is 17.5 Å².